The number of ether oxygens (including phenoxy) is 2. The number of aryl methyl sites for hydroxylation is 4. The first-order valence-corrected chi connectivity index (χ1v) is 14.3. The van der Waals surface area contributed by atoms with E-state index in [0.717, 1.165) is 38.3 Å². The highest BCUT2D eigenvalue weighted by molar-refractivity contribution is 6.27. The van der Waals surface area contributed by atoms with E-state index in [9.17, 15) is 9.59 Å². The second-order valence-corrected chi connectivity index (χ2v) is 9.78. The number of halogens is 1. The van der Waals surface area contributed by atoms with Gasteiger partial charge in [0, 0.05) is 40.2 Å². The third kappa shape index (κ3) is 23.0. The van der Waals surface area contributed by atoms with Gasteiger partial charge in [-0.3, -0.25) is 14.5 Å². The molecule has 2 aromatic rings. The summed E-state index contributed by atoms with van der Waals surface area (Å²) in [5, 5.41) is 3.12. The van der Waals surface area contributed by atoms with Crippen LogP contribution in [0.15, 0.2) is 36.4 Å². The highest BCUT2D eigenvalue weighted by Crippen LogP contribution is 2.15. The molecule has 0 fully saturated rings. The third-order valence-electron chi connectivity index (χ3n) is 6.38. The topological polar surface area (TPSA) is 67.9 Å². The van der Waals surface area contributed by atoms with Crippen LogP contribution in [-0.4, -0.2) is 82.5 Å². The largest absolute Gasteiger partial charge is 0.383 e. The van der Waals surface area contributed by atoms with Crippen LogP contribution in [-0.2, 0) is 31.9 Å². The number of nitrogens with one attached hydrogen (secondary N) is 1. The van der Waals surface area contributed by atoms with Crippen molar-refractivity contribution in [2.75, 3.05) is 66.0 Å². The van der Waals surface area contributed by atoms with Gasteiger partial charge in [-0.2, -0.15) is 0 Å². The number of carbonyl (C=O) groups is 2. The lowest BCUT2D eigenvalue weighted by atomic mass is 9.98. The summed E-state index contributed by atoms with van der Waals surface area (Å²) in [6.45, 7) is 18.0. The first kappa shape index (κ1) is 50.5. The predicted molar refractivity (Wildman–Crippen MR) is 191 cm³/mol. The highest BCUT2D eigenvalue weighted by Gasteiger charge is 2.12. The summed E-state index contributed by atoms with van der Waals surface area (Å²) in [5.41, 5.74) is 7.03. The van der Waals surface area contributed by atoms with Crippen LogP contribution in [0.25, 0.3) is 0 Å². The van der Waals surface area contributed by atoms with E-state index in [1.807, 2.05) is 38.1 Å². The van der Waals surface area contributed by atoms with Crippen LogP contribution in [0.3, 0.4) is 0 Å². The molecule has 7 heteroatoms. The molecule has 0 heterocycles. The molecular weight excluding hydrogens is 560 g/mol. The fourth-order valence-corrected chi connectivity index (χ4v) is 4.02. The molecular formula is C36H67ClN2O4. The summed E-state index contributed by atoms with van der Waals surface area (Å²) in [6.07, 6.45) is 0.990. The number of hydrogen-bond acceptors (Lipinski definition) is 6. The van der Waals surface area contributed by atoms with Crippen molar-refractivity contribution in [2.45, 2.75) is 84.1 Å². The van der Waals surface area contributed by atoms with Crippen LogP contribution in [0.1, 0.15) is 76.9 Å². The van der Waals surface area contributed by atoms with Crippen LogP contribution < -0.4 is 5.32 Å². The zero-order valence-corrected chi connectivity index (χ0v) is 26.2. The Bertz CT molecular complexity index is 922. The van der Waals surface area contributed by atoms with E-state index in [0.29, 0.717) is 26.0 Å². The number of likely N-dealkylation sites (N-methyl/N-ethyl adjacent to an activating group) is 2. The summed E-state index contributed by atoms with van der Waals surface area (Å²) < 4.78 is 9.84. The highest BCUT2D eigenvalue weighted by atomic mass is 35.5. The Balaban J connectivity index is -0.000000176. The van der Waals surface area contributed by atoms with Crippen molar-refractivity contribution in [2.24, 2.45) is 0 Å². The lowest BCUT2D eigenvalue weighted by Gasteiger charge is -2.19. The van der Waals surface area contributed by atoms with Gasteiger partial charge in [0.05, 0.1) is 25.6 Å². The number of nitrogens with zero attached hydrogens (tertiary/aromatic N) is 1. The molecule has 0 amide bonds. The maximum atomic E-state index is 12.2. The molecule has 2 rings (SSSR count). The number of benzene rings is 2. The summed E-state index contributed by atoms with van der Waals surface area (Å²) in [5.74, 6) is 0.461. The van der Waals surface area contributed by atoms with Gasteiger partial charge in [0.1, 0.15) is 0 Å². The lowest BCUT2D eigenvalue weighted by Crippen LogP contribution is -2.33. The summed E-state index contributed by atoms with van der Waals surface area (Å²) >= 11 is 5.46. The molecule has 252 valence electrons. The number of methoxy groups -OCH3 is 2. The van der Waals surface area contributed by atoms with Crippen LogP contribution in [0, 0.1) is 27.7 Å². The minimum Gasteiger partial charge on any atom is -0.383 e. The van der Waals surface area contributed by atoms with Crippen molar-refractivity contribution < 1.29 is 19.1 Å². The Labute approximate surface area is 271 Å². The molecule has 0 aliphatic rings. The number of ketones is 2. The van der Waals surface area contributed by atoms with Crippen molar-refractivity contribution >= 4 is 23.2 Å². The van der Waals surface area contributed by atoms with E-state index in [1.54, 1.807) is 14.2 Å². The molecule has 0 spiro atoms. The Morgan fingerprint density at radius 3 is 1.51 bits per heavy atom. The van der Waals surface area contributed by atoms with Gasteiger partial charge in [0.15, 0.2) is 11.6 Å². The maximum Gasteiger partial charge on any atom is 0.151 e. The van der Waals surface area contributed by atoms with E-state index in [2.05, 4.69) is 50.0 Å². The van der Waals surface area contributed by atoms with Crippen LogP contribution >= 0.6 is 11.6 Å². The van der Waals surface area contributed by atoms with E-state index >= 15 is 0 Å². The van der Waals surface area contributed by atoms with Gasteiger partial charge in [-0.1, -0.05) is 80.0 Å². The zero-order valence-electron chi connectivity index (χ0n) is 25.5. The van der Waals surface area contributed by atoms with Crippen molar-refractivity contribution in [3.63, 3.8) is 0 Å². The molecule has 6 nitrogen and oxygen atoms in total. The zero-order chi connectivity index (χ0) is 29.6. The van der Waals surface area contributed by atoms with Gasteiger partial charge in [-0.05, 0) is 74.2 Å². The third-order valence-corrected chi connectivity index (χ3v) is 6.68. The number of rotatable bonds is 15. The first-order chi connectivity index (χ1) is 18.6. The fourth-order valence-electron chi connectivity index (χ4n) is 3.92. The Hall–Kier alpha value is -2.09. The number of alkyl halides is 1. The first-order valence-electron chi connectivity index (χ1n) is 13.7. The number of carbonyl (C=O) groups excluding carboxylic acids is 2. The Morgan fingerprint density at radius 1 is 0.744 bits per heavy atom. The lowest BCUT2D eigenvalue weighted by molar-refractivity contribution is -0.119. The second kappa shape index (κ2) is 31.3. The quantitative estimate of drug-likeness (QED) is 0.161. The molecule has 0 aromatic heterocycles. The van der Waals surface area contributed by atoms with E-state index in [4.69, 9.17) is 21.1 Å². The molecule has 0 aliphatic carbocycles. The molecule has 0 saturated heterocycles. The second-order valence-electron chi connectivity index (χ2n) is 9.51. The van der Waals surface area contributed by atoms with E-state index in [1.165, 1.54) is 27.8 Å². The molecule has 2 aromatic carbocycles. The van der Waals surface area contributed by atoms with Crippen LogP contribution in [0.4, 0.5) is 0 Å². The van der Waals surface area contributed by atoms with Crippen molar-refractivity contribution in [3.05, 3.63) is 69.8 Å². The molecule has 43 heavy (non-hydrogen) atoms. The molecule has 1 N–H and O–H groups in total. The summed E-state index contributed by atoms with van der Waals surface area (Å²) in [6, 6.07) is 12.2. The standard InChI is InChI=1S/C16H25NO2.C11H13ClO.C5H13NO.4CH4/c1-5-17(9-10-19-4)12-15(18)11-16-13(2)7-6-8-14(16)3;1-8-4-3-5-9(2)11(8)6-10(13)7-12;1-3-6-4-5-7-2;;;;/h6-8H,5,9-12H2,1-4H3;3-5H,6-7H2,1-2H3;6H,3-5H2,1-2H3;4*1H4. The summed E-state index contributed by atoms with van der Waals surface area (Å²) in [7, 11) is 3.39. The average molecular weight is 627 g/mol. The number of Topliss-reactive ketones (excluding diaryl/α,β-unsaturated/α-hetero) is 2. The molecule has 0 unspecified atom stereocenters. The molecule has 0 aliphatic heterocycles. The van der Waals surface area contributed by atoms with Crippen molar-refractivity contribution in [1.29, 1.82) is 0 Å². The minimum atomic E-state index is 0. The van der Waals surface area contributed by atoms with Gasteiger partial charge in [-0.25, -0.2) is 0 Å². The Kier molecular flexibility index (Phi) is 36.8. The van der Waals surface area contributed by atoms with Gasteiger partial charge in [0.2, 0.25) is 0 Å². The molecule has 0 bridgehead atoms. The fraction of sp³-hybridized carbons (Fsp3) is 0.611. The normalized spacial score (nSPS) is 9.44. The maximum absolute atomic E-state index is 12.2. The average Bonchev–Trinajstić information content (AvgIpc) is 2.92. The van der Waals surface area contributed by atoms with Gasteiger partial charge < -0.3 is 14.8 Å². The van der Waals surface area contributed by atoms with Crippen molar-refractivity contribution in [3.8, 4) is 0 Å². The monoisotopic (exact) mass is 626 g/mol. The van der Waals surface area contributed by atoms with Crippen LogP contribution in [0.5, 0.6) is 0 Å². The Morgan fingerprint density at radius 2 is 1.16 bits per heavy atom. The minimum absolute atomic E-state index is 0. The van der Waals surface area contributed by atoms with Gasteiger partial charge in [0.25, 0.3) is 0 Å². The van der Waals surface area contributed by atoms with E-state index in [-0.39, 0.29) is 47.2 Å². The number of hydrogen-bond donors (Lipinski definition) is 1. The SMILES string of the molecule is C.C.C.C.CCN(CCOC)CC(=O)Cc1c(C)cccc1C.CCNCCOC.Cc1cccc(C)c1CC(=O)CCl. The smallest absolute Gasteiger partial charge is 0.151 e. The van der Waals surface area contributed by atoms with Gasteiger partial charge in [-0.15, -0.1) is 11.6 Å². The molecule has 0 atom stereocenters. The van der Waals surface area contributed by atoms with Gasteiger partial charge >= 0.3 is 0 Å². The predicted octanol–water partition coefficient (Wildman–Crippen LogP) is 7.82. The van der Waals surface area contributed by atoms with E-state index < -0.39 is 0 Å². The molecule has 0 saturated carbocycles. The molecule has 0 radical (unpaired) electrons. The van der Waals surface area contributed by atoms with Crippen LogP contribution in [0.2, 0.25) is 0 Å². The summed E-state index contributed by atoms with van der Waals surface area (Å²) in [4.78, 5) is 25.4. The van der Waals surface area contributed by atoms with Crippen molar-refractivity contribution in [1.82, 2.24) is 10.2 Å².